The van der Waals surface area contributed by atoms with Gasteiger partial charge >= 0.3 is 0 Å². The van der Waals surface area contributed by atoms with E-state index in [4.69, 9.17) is 50.0 Å². The van der Waals surface area contributed by atoms with Gasteiger partial charge in [-0.1, -0.05) is 10.8 Å². The number of nitrogens with zero attached hydrogens (tertiary/aromatic N) is 1. The van der Waals surface area contributed by atoms with Crippen molar-refractivity contribution in [1.82, 2.24) is 0 Å². The first kappa shape index (κ1) is 11.4. The molecule has 0 bridgehead atoms. The van der Waals surface area contributed by atoms with Crippen molar-refractivity contribution in [2.75, 3.05) is 6.26 Å². The van der Waals surface area contributed by atoms with E-state index in [1.54, 1.807) is 6.26 Å². The van der Waals surface area contributed by atoms with Gasteiger partial charge in [-0.25, -0.2) is 0 Å². The van der Waals surface area contributed by atoms with E-state index in [9.17, 15) is 0 Å². The molecule has 58 valence electrons. The summed E-state index contributed by atoms with van der Waals surface area (Å²) in [6.45, 7) is 0. The Labute approximate surface area is 83.0 Å². The van der Waals surface area contributed by atoms with E-state index in [2.05, 4.69) is 0 Å². The maximum absolute atomic E-state index is 8.51. The average molecular weight is 266 g/mol. The van der Waals surface area contributed by atoms with Crippen molar-refractivity contribution in [1.29, 1.82) is 5.26 Å². The monoisotopic (exact) mass is 265 g/mol. The predicted octanol–water partition coefficient (Wildman–Crippen LogP) is 0.816. The van der Waals surface area contributed by atoms with Gasteiger partial charge in [0, 0.05) is 5.21 Å². The molecule has 0 N–H and O–H groups in total. The Hall–Kier alpha value is 1.42. The molecule has 0 aliphatic heterocycles. The van der Waals surface area contributed by atoms with Crippen LogP contribution in [0.3, 0.4) is 0 Å². The Bertz CT molecular complexity index is 336. The van der Waals surface area contributed by atoms with Crippen molar-refractivity contribution in [3.05, 3.63) is 0 Å². The maximum atomic E-state index is 8.51. The van der Waals surface area contributed by atoms with Gasteiger partial charge in [0.1, 0.15) is 0 Å². The lowest BCUT2D eigenvalue weighted by Crippen LogP contribution is -2.01. The maximum Gasteiger partial charge on any atom is 0.152 e. The molecule has 10 heavy (non-hydrogen) atoms. The Morgan fingerprint density at radius 2 is 1.70 bits per heavy atom. The fourth-order valence-electron chi connectivity index (χ4n) is 0.135. The molecule has 0 aromatic carbocycles. The number of hydrogen-bond acceptors (Lipinski definition) is 6. The highest BCUT2D eigenvalue weighted by molar-refractivity contribution is 9.32. The van der Waals surface area contributed by atoms with Crippen LogP contribution < -0.4 is 0 Å². The summed E-state index contributed by atoms with van der Waals surface area (Å²) in [7, 11) is 1.28. The Morgan fingerprint density at radius 1 is 1.30 bits per heavy atom. The van der Waals surface area contributed by atoms with Gasteiger partial charge in [0.05, 0.1) is 6.18 Å². The van der Waals surface area contributed by atoms with Crippen molar-refractivity contribution in [3.63, 3.8) is 0 Å². The number of thiocyanates is 1. The van der Waals surface area contributed by atoms with Crippen LogP contribution in [-0.4, -0.2) is 6.26 Å². The molecule has 0 amide bonds. The molecule has 8 heteroatoms. The molecule has 0 atom stereocenters. The summed E-state index contributed by atoms with van der Waals surface area (Å²) in [5.41, 5.74) is 0. The standard InChI is InChI=1S/C2H3NS7/c1-8-10(6,7)9(4,5)2-3/h1H3. The second kappa shape index (κ2) is 3.89. The third-order valence-electron chi connectivity index (χ3n) is 0.585. The van der Waals surface area contributed by atoms with Gasteiger partial charge in [-0.05, 0) is 51.0 Å². The molecule has 0 spiro atoms. The van der Waals surface area contributed by atoms with Gasteiger partial charge in [-0.3, -0.25) is 0 Å². The van der Waals surface area contributed by atoms with E-state index in [0.717, 1.165) is 0 Å². The highest BCUT2D eigenvalue weighted by atomic mass is 33.9. The molecule has 0 heterocycles. The summed E-state index contributed by atoms with van der Waals surface area (Å²) in [5, 5.41) is 8.45. The second-order valence-corrected chi connectivity index (χ2v) is 20.6. The lowest BCUT2D eigenvalue weighted by atomic mass is 11.8. The molecule has 0 rings (SSSR count). The molecule has 0 fully saturated rings. The topological polar surface area (TPSA) is 23.8 Å². The lowest BCUT2D eigenvalue weighted by Gasteiger charge is -2.04. The van der Waals surface area contributed by atoms with E-state index in [1.165, 1.54) is 10.8 Å². The van der Waals surface area contributed by atoms with Gasteiger partial charge in [-0.2, -0.15) is 5.26 Å². The van der Waals surface area contributed by atoms with Crippen molar-refractivity contribution in [3.8, 4) is 5.40 Å². The predicted molar refractivity (Wildman–Crippen MR) is 63.3 cm³/mol. The van der Waals surface area contributed by atoms with Crippen molar-refractivity contribution in [2.24, 2.45) is 0 Å². The molecular formula is C2H3NS7. The van der Waals surface area contributed by atoms with Crippen molar-refractivity contribution < 1.29 is 0 Å². The summed E-state index contributed by atoms with van der Waals surface area (Å²) in [6.07, 6.45) is -0.443. The van der Waals surface area contributed by atoms with Crippen LogP contribution in [0.2, 0.25) is 0 Å². The van der Waals surface area contributed by atoms with E-state index >= 15 is 0 Å². The van der Waals surface area contributed by atoms with Crippen LogP contribution in [0.5, 0.6) is 0 Å². The minimum Gasteiger partial charge on any atom is -0.184 e. The SMILES string of the molecule is CSS(=S)(=S)S(=S)(=S)C#N. The van der Waals surface area contributed by atoms with Crippen LogP contribution in [0.4, 0.5) is 0 Å². The van der Waals surface area contributed by atoms with Crippen molar-refractivity contribution in [2.45, 2.75) is 0 Å². The van der Waals surface area contributed by atoms with E-state index < -0.39 is 11.4 Å². The molecule has 0 aliphatic carbocycles. The van der Waals surface area contributed by atoms with Crippen LogP contribution >= 0.6 is 10.8 Å². The first-order valence-electron chi connectivity index (χ1n) is 1.84. The largest absolute Gasteiger partial charge is 0.184 e. The lowest BCUT2D eigenvalue weighted by molar-refractivity contribution is 1.57. The zero-order chi connectivity index (χ0) is 8.41. The summed E-state index contributed by atoms with van der Waals surface area (Å²) >= 11 is 19.5. The fraction of sp³-hybridized carbons (Fsp3) is 0.500. The molecular weight excluding hydrogens is 262 g/mol. The fourth-order valence-corrected chi connectivity index (χ4v) is 6.65. The third-order valence-corrected chi connectivity index (χ3v) is 22.8. The van der Waals surface area contributed by atoms with E-state index in [-0.39, 0.29) is 0 Å². The zero-order valence-electron chi connectivity index (χ0n) is 4.80. The minimum absolute atomic E-state index is 1.28. The van der Waals surface area contributed by atoms with Crippen molar-refractivity contribution >= 4 is 66.9 Å². The summed E-state index contributed by atoms with van der Waals surface area (Å²) in [4.78, 5) is 0. The smallest absolute Gasteiger partial charge is 0.152 e. The van der Waals surface area contributed by atoms with Gasteiger partial charge < -0.3 is 0 Å². The molecule has 0 unspecified atom stereocenters. The Kier molecular flexibility index (Phi) is 4.44. The Morgan fingerprint density at radius 3 is 1.80 bits per heavy atom. The minimum atomic E-state index is -2.20. The Balaban J connectivity index is 5.33. The first-order valence-corrected chi connectivity index (χ1v) is 11.1. The molecule has 0 radical (unpaired) electrons. The summed E-state index contributed by atoms with van der Waals surface area (Å²) < 4.78 is 0. The van der Waals surface area contributed by atoms with Gasteiger partial charge in [-0.15, -0.1) is 0 Å². The van der Waals surface area contributed by atoms with Gasteiger partial charge in [0.15, 0.2) is 5.40 Å². The quantitative estimate of drug-likeness (QED) is 0.541. The van der Waals surface area contributed by atoms with Gasteiger partial charge in [0.2, 0.25) is 0 Å². The average Bonchev–Trinajstić information content (AvgIpc) is 1.88. The van der Waals surface area contributed by atoms with Crippen LogP contribution in [-0.2, 0) is 56.1 Å². The van der Waals surface area contributed by atoms with Crippen LogP contribution in [0.15, 0.2) is 0 Å². The normalized spacial score (nSPS) is 12.4. The van der Waals surface area contributed by atoms with Crippen LogP contribution in [0.25, 0.3) is 0 Å². The highest BCUT2D eigenvalue weighted by Crippen LogP contribution is 2.18. The number of rotatable bonds is 2. The highest BCUT2D eigenvalue weighted by Gasteiger charge is 2.10. The van der Waals surface area contributed by atoms with Crippen LogP contribution in [0, 0.1) is 10.7 Å². The van der Waals surface area contributed by atoms with E-state index in [1.807, 2.05) is 5.40 Å². The number of nitriles is 1. The first-order chi connectivity index (χ1) is 4.37. The molecule has 1 nitrogen and oxygen atoms in total. The second-order valence-electron chi connectivity index (χ2n) is 1.12. The molecule has 0 saturated heterocycles. The van der Waals surface area contributed by atoms with Gasteiger partial charge in [0.25, 0.3) is 0 Å². The number of hydrogen-bond donors (Lipinski definition) is 0. The van der Waals surface area contributed by atoms with Crippen LogP contribution in [0.1, 0.15) is 0 Å². The third kappa shape index (κ3) is 2.48. The molecule has 0 aromatic rings. The zero-order valence-corrected chi connectivity index (χ0v) is 10.5. The molecule has 0 aromatic heterocycles. The summed E-state index contributed by atoms with van der Waals surface area (Å²) in [5.74, 6) is 0. The van der Waals surface area contributed by atoms with E-state index in [0.29, 0.717) is 0 Å². The summed E-state index contributed by atoms with van der Waals surface area (Å²) in [6, 6.07) is 0. The molecule has 0 saturated carbocycles. The molecule has 0 aliphatic rings.